The molecule has 0 heterocycles. The van der Waals surface area contributed by atoms with Crippen molar-refractivity contribution < 1.29 is 8.42 Å². The summed E-state index contributed by atoms with van der Waals surface area (Å²) in [5.74, 6) is 0. The van der Waals surface area contributed by atoms with Crippen LogP contribution in [0.2, 0.25) is 0 Å². The Morgan fingerprint density at radius 3 is 2.41 bits per heavy atom. The third-order valence-corrected chi connectivity index (χ3v) is 4.63. The SMILES string of the molecule is CC(C)N(C)S(=O)(=O)c1ccc(C#N)cc1N. The van der Waals surface area contributed by atoms with Gasteiger partial charge in [-0.1, -0.05) is 0 Å². The van der Waals surface area contributed by atoms with Gasteiger partial charge in [-0.15, -0.1) is 0 Å². The van der Waals surface area contributed by atoms with Gasteiger partial charge in [0.25, 0.3) is 0 Å². The quantitative estimate of drug-likeness (QED) is 0.819. The molecule has 0 spiro atoms. The molecule has 0 aliphatic carbocycles. The highest BCUT2D eigenvalue weighted by Gasteiger charge is 2.25. The van der Waals surface area contributed by atoms with E-state index in [-0.39, 0.29) is 16.6 Å². The highest BCUT2D eigenvalue weighted by atomic mass is 32.2. The van der Waals surface area contributed by atoms with Crippen LogP contribution in [0.3, 0.4) is 0 Å². The van der Waals surface area contributed by atoms with Crippen molar-refractivity contribution in [2.24, 2.45) is 0 Å². The number of nitrogens with two attached hydrogens (primary N) is 1. The van der Waals surface area contributed by atoms with Crippen LogP contribution in [-0.2, 0) is 10.0 Å². The Morgan fingerprint density at radius 1 is 1.41 bits per heavy atom. The number of hydrogen-bond acceptors (Lipinski definition) is 4. The second kappa shape index (κ2) is 4.73. The van der Waals surface area contributed by atoms with Crippen molar-refractivity contribution in [3.63, 3.8) is 0 Å². The molecule has 2 N–H and O–H groups in total. The zero-order chi connectivity index (χ0) is 13.2. The maximum Gasteiger partial charge on any atom is 0.245 e. The average molecular weight is 253 g/mol. The van der Waals surface area contributed by atoms with Gasteiger partial charge in [0.15, 0.2) is 0 Å². The molecule has 1 aromatic rings. The third-order valence-electron chi connectivity index (χ3n) is 2.52. The molecule has 1 aromatic carbocycles. The smallest absolute Gasteiger partial charge is 0.245 e. The first-order valence-electron chi connectivity index (χ1n) is 5.08. The van der Waals surface area contributed by atoms with Crippen LogP contribution in [-0.4, -0.2) is 25.8 Å². The molecule has 0 radical (unpaired) electrons. The van der Waals surface area contributed by atoms with Crippen LogP contribution in [0.1, 0.15) is 19.4 Å². The maximum absolute atomic E-state index is 12.2. The molecule has 0 saturated carbocycles. The van der Waals surface area contributed by atoms with Crippen molar-refractivity contribution in [3.8, 4) is 6.07 Å². The predicted molar refractivity (Wildman–Crippen MR) is 65.7 cm³/mol. The number of hydrogen-bond donors (Lipinski definition) is 1. The van der Waals surface area contributed by atoms with Gasteiger partial charge in [0.2, 0.25) is 10.0 Å². The molecule has 0 saturated heterocycles. The predicted octanol–water partition coefficient (Wildman–Crippen LogP) is 1.17. The summed E-state index contributed by atoms with van der Waals surface area (Å²) in [6.45, 7) is 3.55. The highest BCUT2D eigenvalue weighted by molar-refractivity contribution is 7.89. The minimum Gasteiger partial charge on any atom is -0.398 e. The third kappa shape index (κ3) is 2.57. The van der Waals surface area contributed by atoms with Gasteiger partial charge in [0.05, 0.1) is 17.3 Å². The molecule has 0 aliphatic heterocycles. The van der Waals surface area contributed by atoms with E-state index in [1.807, 2.05) is 6.07 Å². The zero-order valence-corrected chi connectivity index (χ0v) is 10.8. The fourth-order valence-electron chi connectivity index (χ4n) is 1.29. The zero-order valence-electron chi connectivity index (χ0n) is 10.0. The van der Waals surface area contributed by atoms with Gasteiger partial charge in [-0.05, 0) is 32.0 Å². The first-order valence-corrected chi connectivity index (χ1v) is 6.52. The van der Waals surface area contributed by atoms with Crippen molar-refractivity contribution in [1.82, 2.24) is 4.31 Å². The van der Waals surface area contributed by atoms with Gasteiger partial charge in [-0.3, -0.25) is 0 Å². The van der Waals surface area contributed by atoms with E-state index in [1.54, 1.807) is 13.8 Å². The fourth-order valence-corrected chi connectivity index (χ4v) is 2.75. The lowest BCUT2D eigenvalue weighted by Gasteiger charge is -2.21. The number of rotatable bonds is 3. The van der Waals surface area contributed by atoms with Crippen LogP contribution in [0.5, 0.6) is 0 Å². The van der Waals surface area contributed by atoms with Crippen molar-refractivity contribution in [2.45, 2.75) is 24.8 Å². The van der Waals surface area contributed by atoms with Gasteiger partial charge in [0, 0.05) is 13.1 Å². The summed E-state index contributed by atoms with van der Waals surface area (Å²) >= 11 is 0. The van der Waals surface area contributed by atoms with Crippen LogP contribution >= 0.6 is 0 Å². The lowest BCUT2D eigenvalue weighted by atomic mass is 10.2. The molecule has 0 amide bonds. The number of anilines is 1. The fraction of sp³-hybridized carbons (Fsp3) is 0.364. The van der Waals surface area contributed by atoms with Gasteiger partial charge < -0.3 is 5.73 Å². The van der Waals surface area contributed by atoms with E-state index in [1.165, 1.54) is 29.6 Å². The van der Waals surface area contributed by atoms with E-state index in [0.29, 0.717) is 5.56 Å². The van der Waals surface area contributed by atoms with Crippen LogP contribution in [0, 0.1) is 11.3 Å². The summed E-state index contributed by atoms with van der Waals surface area (Å²) in [6, 6.07) is 5.92. The Balaban J connectivity index is 3.31. The summed E-state index contributed by atoms with van der Waals surface area (Å²) < 4.78 is 25.6. The van der Waals surface area contributed by atoms with E-state index in [4.69, 9.17) is 11.0 Å². The maximum atomic E-state index is 12.2. The van der Waals surface area contributed by atoms with Crippen molar-refractivity contribution in [1.29, 1.82) is 5.26 Å². The highest BCUT2D eigenvalue weighted by Crippen LogP contribution is 2.23. The molecule has 17 heavy (non-hydrogen) atoms. The molecule has 0 fully saturated rings. The van der Waals surface area contributed by atoms with Crippen LogP contribution in [0.25, 0.3) is 0 Å². The summed E-state index contributed by atoms with van der Waals surface area (Å²) in [5, 5.41) is 8.69. The Hall–Kier alpha value is -1.58. The first-order chi connectivity index (χ1) is 7.80. The lowest BCUT2D eigenvalue weighted by Crippen LogP contribution is -2.33. The van der Waals surface area contributed by atoms with Gasteiger partial charge in [-0.2, -0.15) is 9.57 Å². The standard InChI is InChI=1S/C11H15N3O2S/c1-8(2)14(3)17(15,16)11-5-4-9(7-12)6-10(11)13/h4-6,8H,13H2,1-3H3. The Morgan fingerprint density at radius 2 is 2.00 bits per heavy atom. The average Bonchev–Trinajstić information content (AvgIpc) is 2.27. The minimum atomic E-state index is -3.59. The van der Waals surface area contributed by atoms with Crippen LogP contribution in [0.15, 0.2) is 23.1 Å². The summed E-state index contributed by atoms with van der Waals surface area (Å²) in [6.07, 6.45) is 0. The van der Waals surface area contributed by atoms with E-state index in [9.17, 15) is 8.42 Å². The molecule has 6 heteroatoms. The molecular weight excluding hydrogens is 238 g/mol. The number of nitrogens with zero attached hydrogens (tertiary/aromatic N) is 2. The first kappa shape index (κ1) is 13.5. The second-order valence-electron chi connectivity index (χ2n) is 3.98. The molecular formula is C11H15N3O2S. The Labute approximate surface area is 102 Å². The number of nitrogen functional groups attached to an aromatic ring is 1. The molecule has 0 unspecified atom stereocenters. The van der Waals surface area contributed by atoms with Gasteiger partial charge >= 0.3 is 0 Å². The van der Waals surface area contributed by atoms with Crippen molar-refractivity contribution in [2.75, 3.05) is 12.8 Å². The normalized spacial score (nSPS) is 11.8. The minimum absolute atomic E-state index is 0.0349. The number of benzene rings is 1. The van der Waals surface area contributed by atoms with Crippen LogP contribution < -0.4 is 5.73 Å². The van der Waals surface area contributed by atoms with E-state index < -0.39 is 10.0 Å². The molecule has 1 rings (SSSR count). The monoisotopic (exact) mass is 253 g/mol. The molecule has 0 atom stereocenters. The molecule has 5 nitrogen and oxygen atoms in total. The number of sulfonamides is 1. The van der Waals surface area contributed by atoms with Crippen LogP contribution in [0.4, 0.5) is 5.69 Å². The lowest BCUT2D eigenvalue weighted by molar-refractivity contribution is 0.411. The van der Waals surface area contributed by atoms with E-state index in [0.717, 1.165) is 0 Å². The summed E-state index contributed by atoms with van der Waals surface area (Å²) in [5.41, 5.74) is 6.10. The van der Waals surface area contributed by atoms with Crippen molar-refractivity contribution in [3.05, 3.63) is 23.8 Å². The Bertz CT molecular complexity index is 559. The molecule has 92 valence electrons. The van der Waals surface area contributed by atoms with Gasteiger partial charge in [0.1, 0.15) is 4.90 Å². The van der Waals surface area contributed by atoms with E-state index in [2.05, 4.69) is 0 Å². The second-order valence-corrected chi connectivity index (χ2v) is 5.95. The molecule has 0 aromatic heterocycles. The molecule has 0 aliphatic rings. The van der Waals surface area contributed by atoms with Crippen molar-refractivity contribution >= 4 is 15.7 Å². The summed E-state index contributed by atoms with van der Waals surface area (Å²) in [4.78, 5) is 0.0349. The largest absolute Gasteiger partial charge is 0.398 e. The Kier molecular flexibility index (Phi) is 3.76. The topological polar surface area (TPSA) is 87.2 Å². The number of nitriles is 1. The van der Waals surface area contributed by atoms with E-state index >= 15 is 0 Å². The van der Waals surface area contributed by atoms with Gasteiger partial charge in [-0.25, -0.2) is 8.42 Å². The molecule has 0 bridgehead atoms. The summed E-state index contributed by atoms with van der Waals surface area (Å²) in [7, 11) is -2.10.